The summed E-state index contributed by atoms with van der Waals surface area (Å²) >= 11 is 0. The fourth-order valence-corrected chi connectivity index (χ4v) is 4.51. The van der Waals surface area contributed by atoms with Crippen LogP contribution in [0.5, 0.6) is 0 Å². The van der Waals surface area contributed by atoms with Gasteiger partial charge in [0, 0.05) is 55.5 Å². The van der Waals surface area contributed by atoms with Crippen molar-refractivity contribution in [2.75, 3.05) is 33.1 Å². The van der Waals surface area contributed by atoms with Crippen molar-refractivity contribution in [2.45, 2.75) is 38.6 Å². The number of benzene rings is 1. The number of methoxy groups -OCH3 is 1. The maximum absolute atomic E-state index is 12.2. The van der Waals surface area contributed by atoms with E-state index in [9.17, 15) is 9.59 Å². The van der Waals surface area contributed by atoms with E-state index in [1.807, 2.05) is 18.2 Å². The molecule has 7 heteroatoms. The molecule has 1 aromatic carbocycles. The number of nitrogens with zero attached hydrogens (tertiary/aromatic N) is 3. The van der Waals surface area contributed by atoms with E-state index in [0.29, 0.717) is 16.9 Å². The highest BCUT2D eigenvalue weighted by Crippen LogP contribution is 2.33. The Balaban J connectivity index is 1.49. The molecule has 1 aliphatic carbocycles. The van der Waals surface area contributed by atoms with Crippen molar-refractivity contribution < 1.29 is 14.3 Å². The van der Waals surface area contributed by atoms with Crippen LogP contribution < -0.4 is 5.32 Å². The molecule has 0 radical (unpaired) electrons. The summed E-state index contributed by atoms with van der Waals surface area (Å²) in [5.41, 5.74) is 5.18. The lowest BCUT2D eigenvalue weighted by Crippen LogP contribution is -2.21. The van der Waals surface area contributed by atoms with Crippen LogP contribution in [0.1, 0.15) is 51.2 Å². The highest BCUT2D eigenvalue weighted by molar-refractivity contribution is 5.96. The molecule has 0 aliphatic heterocycles. The van der Waals surface area contributed by atoms with Crippen molar-refractivity contribution in [3.05, 3.63) is 58.9 Å². The van der Waals surface area contributed by atoms with Crippen molar-refractivity contribution in [2.24, 2.45) is 0 Å². The standard InChI is InChI=1S/C25H30N4O3/c1-28(2)24(30)17-11-13-27-23(16-17)26-12-6-14-29-21-8-5-4-7-19(21)20-15-18(25(31)32-3)9-10-22(20)29/h9-11,13,15-16H,4-8,12,14H2,1-3H3,(H,26,27). The minimum absolute atomic E-state index is 0.0350. The van der Waals surface area contributed by atoms with Gasteiger partial charge in [0.2, 0.25) is 0 Å². The summed E-state index contributed by atoms with van der Waals surface area (Å²) < 4.78 is 7.32. The Morgan fingerprint density at radius 3 is 2.72 bits per heavy atom. The molecule has 0 saturated heterocycles. The van der Waals surface area contributed by atoms with Gasteiger partial charge in [0.25, 0.3) is 5.91 Å². The summed E-state index contributed by atoms with van der Waals surface area (Å²) in [5.74, 6) is 0.378. The van der Waals surface area contributed by atoms with Crippen LogP contribution in [0.25, 0.3) is 10.9 Å². The van der Waals surface area contributed by atoms with Crippen LogP contribution in [0.2, 0.25) is 0 Å². The van der Waals surface area contributed by atoms with Crippen molar-refractivity contribution in [3.8, 4) is 0 Å². The minimum atomic E-state index is -0.295. The lowest BCUT2D eigenvalue weighted by molar-refractivity contribution is 0.0600. The zero-order valence-electron chi connectivity index (χ0n) is 19.0. The number of esters is 1. The molecule has 0 bridgehead atoms. The van der Waals surface area contributed by atoms with Gasteiger partial charge < -0.3 is 19.5 Å². The molecule has 2 heterocycles. The normalized spacial score (nSPS) is 13.0. The molecule has 0 fully saturated rings. The number of anilines is 1. The molecule has 7 nitrogen and oxygen atoms in total. The molecule has 1 amide bonds. The van der Waals surface area contributed by atoms with Crippen LogP contribution in [-0.4, -0.2) is 54.1 Å². The molecule has 1 aliphatic rings. The summed E-state index contributed by atoms with van der Waals surface area (Å²) in [6.45, 7) is 1.63. The molecule has 0 unspecified atom stereocenters. The van der Waals surface area contributed by atoms with Crippen LogP contribution in [0.4, 0.5) is 5.82 Å². The van der Waals surface area contributed by atoms with Gasteiger partial charge in [0.1, 0.15) is 5.82 Å². The van der Waals surface area contributed by atoms with Crippen molar-refractivity contribution in [3.63, 3.8) is 0 Å². The first kappa shape index (κ1) is 21.9. The van der Waals surface area contributed by atoms with Crippen molar-refractivity contribution in [1.29, 1.82) is 0 Å². The Morgan fingerprint density at radius 2 is 1.94 bits per heavy atom. The number of hydrogen-bond donors (Lipinski definition) is 1. The first-order valence-electron chi connectivity index (χ1n) is 11.1. The van der Waals surface area contributed by atoms with Gasteiger partial charge in [-0.1, -0.05) is 0 Å². The molecular formula is C25H30N4O3. The Bertz CT molecular complexity index is 1150. The topological polar surface area (TPSA) is 76.5 Å². The minimum Gasteiger partial charge on any atom is -0.465 e. The Labute approximate surface area is 188 Å². The third-order valence-corrected chi connectivity index (χ3v) is 6.08. The number of pyridine rings is 1. The SMILES string of the molecule is COC(=O)c1ccc2c(c1)c1c(n2CCCNc2cc(C(=O)N(C)C)ccn2)CCCC1. The van der Waals surface area contributed by atoms with Gasteiger partial charge in [-0.15, -0.1) is 0 Å². The number of fused-ring (bicyclic) bond motifs is 3. The summed E-state index contributed by atoms with van der Waals surface area (Å²) in [4.78, 5) is 30.1. The highest BCUT2D eigenvalue weighted by atomic mass is 16.5. The summed E-state index contributed by atoms with van der Waals surface area (Å²) in [6, 6.07) is 9.41. The Kier molecular flexibility index (Phi) is 6.44. The zero-order chi connectivity index (χ0) is 22.7. The van der Waals surface area contributed by atoms with Gasteiger partial charge in [-0.2, -0.15) is 0 Å². The molecule has 0 spiro atoms. The molecule has 1 N–H and O–H groups in total. The number of rotatable bonds is 7. The molecule has 3 aromatic rings. The van der Waals surface area contributed by atoms with Crippen LogP contribution in [0.3, 0.4) is 0 Å². The van der Waals surface area contributed by atoms with Crippen LogP contribution in [0, 0.1) is 0 Å². The van der Waals surface area contributed by atoms with E-state index >= 15 is 0 Å². The lowest BCUT2D eigenvalue weighted by atomic mass is 9.95. The van der Waals surface area contributed by atoms with E-state index < -0.39 is 0 Å². The van der Waals surface area contributed by atoms with Gasteiger partial charge in [0.05, 0.1) is 12.7 Å². The van der Waals surface area contributed by atoms with Crippen molar-refractivity contribution >= 4 is 28.6 Å². The largest absolute Gasteiger partial charge is 0.465 e. The fourth-order valence-electron chi connectivity index (χ4n) is 4.51. The first-order chi connectivity index (χ1) is 15.5. The van der Waals surface area contributed by atoms with Crippen LogP contribution >= 0.6 is 0 Å². The first-order valence-corrected chi connectivity index (χ1v) is 11.1. The number of aryl methyl sites for hydroxylation is 2. The van der Waals surface area contributed by atoms with Gasteiger partial charge in [-0.3, -0.25) is 4.79 Å². The second-order valence-corrected chi connectivity index (χ2v) is 8.42. The average Bonchev–Trinajstić information content (AvgIpc) is 3.14. The van der Waals surface area contributed by atoms with Gasteiger partial charge in [0.15, 0.2) is 0 Å². The molecule has 2 aromatic heterocycles. The third kappa shape index (κ3) is 4.33. The van der Waals surface area contributed by atoms with E-state index in [-0.39, 0.29) is 11.9 Å². The molecule has 0 atom stereocenters. The number of carbonyl (C=O) groups excluding carboxylic acids is 2. The third-order valence-electron chi connectivity index (χ3n) is 6.08. The number of ether oxygens (including phenoxy) is 1. The van der Waals surface area contributed by atoms with Crippen molar-refractivity contribution in [1.82, 2.24) is 14.5 Å². The Hall–Kier alpha value is -3.35. The molecule has 32 heavy (non-hydrogen) atoms. The number of carbonyl (C=O) groups is 2. The van der Waals surface area contributed by atoms with E-state index in [0.717, 1.165) is 32.4 Å². The predicted molar refractivity (Wildman–Crippen MR) is 125 cm³/mol. The highest BCUT2D eigenvalue weighted by Gasteiger charge is 2.21. The molecule has 4 rings (SSSR count). The monoisotopic (exact) mass is 434 g/mol. The van der Waals surface area contributed by atoms with Gasteiger partial charge >= 0.3 is 5.97 Å². The Morgan fingerprint density at radius 1 is 1.12 bits per heavy atom. The van der Waals surface area contributed by atoms with Gasteiger partial charge in [-0.25, -0.2) is 9.78 Å². The maximum atomic E-state index is 12.2. The summed E-state index contributed by atoms with van der Waals surface area (Å²) in [7, 11) is 4.90. The average molecular weight is 435 g/mol. The smallest absolute Gasteiger partial charge is 0.337 e. The van der Waals surface area contributed by atoms with E-state index in [4.69, 9.17) is 4.74 Å². The van der Waals surface area contributed by atoms with Crippen LogP contribution in [0.15, 0.2) is 36.5 Å². The molecular weight excluding hydrogens is 404 g/mol. The number of amides is 1. The maximum Gasteiger partial charge on any atom is 0.337 e. The summed E-state index contributed by atoms with van der Waals surface area (Å²) in [6.07, 6.45) is 7.09. The molecule has 168 valence electrons. The zero-order valence-corrected chi connectivity index (χ0v) is 19.0. The quantitative estimate of drug-likeness (QED) is 0.451. The summed E-state index contributed by atoms with van der Waals surface area (Å²) in [5, 5.41) is 4.52. The number of hydrogen-bond acceptors (Lipinski definition) is 5. The lowest BCUT2D eigenvalue weighted by Gasteiger charge is -2.16. The second-order valence-electron chi connectivity index (χ2n) is 8.42. The predicted octanol–water partition coefficient (Wildman–Crippen LogP) is 3.91. The van der Waals surface area contributed by atoms with E-state index in [1.165, 1.54) is 42.1 Å². The van der Waals surface area contributed by atoms with E-state index in [2.05, 4.69) is 14.9 Å². The second kappa shape index (κ2) is 9.42. The number of aromatic nitrogens is 2. The van der Waals surface area contributed by atoms with Crippen LogP contribution in [-0.2, 0) is 24.1 Å². The number of nitrogens with one attached hydrogen (secondary N) is 1. The van der Waals surface area contributed by atoms with E-state index in [1.54, 1.807) is 37.3 Å². The fraction of sp³-hybridized carbons (Fsp3) is 0.400. The van der Waals surface area contributed by atoms with Gasteiger partial charge in [-0.05, 0) is 68.0 Å². The molecule has 0 saturated carbocycles.